The highest BCUT2D eigenvalue weighted by molar-refractivity contribution is 5.94. The van der Waals surface area contributed by atoms with Crippen LogP contribution in [-0.2, 0) is 18.4 Å². The largest absolute Gasteiger partial charge is 0.384 e. The highest BCUT2D eigenvalue weighted by Gasteiger charge is 2.25. The van der Waals surface area contributed by atoms with Gasteiger partial charge in [-0.3, -0.25) is 4.79 Å². The molecule has 1 unspecified atom stereocenters. The van der Waals surface area contributed by atoms with E-state index in [4.69, 9.17) is 0 Å². The Labute approximate surface area is 212 Å². The first-order chi connectivity index (χ1) is 16.7. The summed E-state index contributed by atoms with van der Waals surface area (Å²) in [5, 5.41) is 6.78. The molecule has 1 amide bonds. The normalized spacial score (nSPS) is 12.3. The summed E-state index contributed by atoms with van der Waals surface area (Å²) in [5.74, 6) is 0.510. The molecule has 0 aliphatic heterocycles. The predicted octanol–water partition coefficient (Wildman–Crippen LogP) is 7.78. The zero-order chi connectivity index (χ0) is 25.4. The van der Waals surface area contributed by atoms with Crippen LogP contribution in [0.1, 0.15) is 91.6 Å². The number of nitrogens with one attached hydrogen (secondary N) is 2. The number of hydrogen-bond donors (Lipinski definition) is 2. The molecule has 3 nitrogen and oxygen atoms in total. The molecule has 0 fully saturated rings. The molecule has 0 aliphatic carbocycles. The van der Waals surface area contributed by atoms with Crippen molar-refractivity contribution in [3.05, 3.63) is 100 Å². The SMILES string of the molecule is CCCc1cc(C(=O)NCc2ccc(C)cc2)ccc1NCC(C)(C)c1ccccc1C(C)CC. The van der Waals surface area contributed by atoms with Gasteiger partial charge in [-0.15, -0.1) is 0 Å². The van der Waals surface area contributed by atoms with Gasteiger partial charge in [0.25, 0.3) is 5.91 Å². The molecule has 0 spiro atoms. The van der Waals surface area contributed by atoms with E-state index < -0.39 is 0 Å². The standard InChI is InChI=1S/C32H42N2O/c1-7-11-26-20-27(31(35)33-21-25-16-14-23(3)15-17-25)18-19-30(26)34-22-32(5,6)29-13-10-9-12-28(29)24(4)8-2/h9-10,12-20,24,34H,7-8,11,21-22H2,1-6H3,(H,33,35). The number of amides is 1. The fraction of sp³-hybridized carbons (Fsp3) is 0.406. The van der Waals surface area contributed by atoms with Gasteiger partial charge in [-0.2, -0.15) is 0 Å². The zero-order valence-electron chi connectivity index (χ0n) is 22.4. The molecule has 0 saturated heterocycles. The van der Waals surface area contributed by atoms with Crippen LogP contribution in [0, 0.1) is 6.92 Å². The molecule has 0 aliphatic rings. The molecule has 0 radical (unpaired) electrons. The van der Waals surface area contributed by atoms with E-state index >= 15 is 0 Å². The Morgan fingerprint density at radius 3 is 2.37 bits per heavy atom. The number of carbonyl (C=O) groups excluding carboxylic acids is 1. The minimum Gasteiger partial charge on any atom is -0.384 e. The van der Waals surface area contributed by atoms with E-state index in [1.807, 2.05) is 6.07 Å². The van der Waals surface area contributed by atoms with E-state index in [0.717, 1.165) is 37.1 Å². The maximum absolute atomic E-state index is 12.9. The van der Waals surface area contributed by atoms with E-state index in [1.54, 1.807) is 0 Å². The molecule has 35 heavy (non-hydrogen) atoms. The smallest absolute Gasteiger partial charge is 0.251 e. The van der Waals surface area contributed by atoms with Crippen LogP contribution in [0.5, 0.6) is 0 Å². The third-order valence-corrected chi connectivity index (χ3v) is 7.01. The van der Waals surface area contributed by atoms with Crippen LogP contribution >= 0.6 is 0 Å². The highest BCUT2D eigenvalue weighted by atomic mass is 16.1. The Morgan fingerprint density at radius 1 is 0.971 bits per heavy atom. The van der Waals surface area contributed by atoms with Crippen LogP contribution in [0.25, 0.3) is 0 Å². The number of hydrogen-bond acceptors (Lipinski definition) is 2. The predicted molar refractivity (Wildman–Crippen MR) is 149 cm³/mol. The lowest BCUT2D eigenvalue weighted by atomic mass is 9.78. The monoisotopic (exact) mass is 470 g/mol. The molecule has 3 heteroatoms. The number of carbonyl (C=O) groups is 1. The third-order valence-electron chi connectivity index (χ3n) is 7.01. The molecular weight excluding hydrogens is 428 g/mol. The topological polar surface area (TPSA) is 41.1 Å². The average molecular weight is 471 g/mol. The summed E-state index contributed by atoms with van der Waals surface area (Å²) in [5.41, 5.74) is 8.19. The van der Waals surface area contributed by atoms with E-state index in [2.05, 4.69) is 113 Å². The molecule has 0 heterocycles. The van der Waals surface area contributed by atoms with Gasteiger partial charge >= 0.3 is 0 Å². The molecular formula is C32H42N2O. The fourth-order valence-electron chi connectivity index (χ4n) is 4.55. The van der Waals surface area contributed by atoms with E-state index in [1.165, 1.54) is 22.3 Å². The summed E-state index contributed by atoms with van der Waals surface area (Å²) in [7, 11) is 0. The first kappa shape index (κ1) is 26.5. The maximum Gasteiger partial charge on any atom is 0.251 e. The summed E-state index contributed by atoms with van der Waals surface area (Å²) >= 11 is 0. The highest BCUT2D eigenvalue weighted by Crippen LogP contribution is 2.33. The molecule has 0 aromatic heterocycles. The van der Waals surface area contributed by atoms with Crippen molar-refractivity contribution in [3.8, 4) is 0 Å². The van der Waals surface area contributed by atoms with Crippen LogP contribution in [0.15, 0.2) is 66.7 Å². The van der Waals surface area contributed by atoms with Crippen molar-refractivity contribution in [2.24, 2.45) is 0 Å². The first-order valence-corrected chi connectivity index (χ1v) is 13.0. The molecule has 186 valence electrons. The Bertz CT molecular complexity index is 1110. The van der Waals surface area contributed by atoms with Crippen molar-refractivity contribution in [1.82, 2.24) is 5.32 Å². The Kier molecular flexibility index (Phi) is 9.14. The van der Waals surface area contributed by atoms with Gasteiger partial charge in [0.2, 0.25) is 0 Å². The van der Waals surface area contributed by atoms with Crippen molar-refractivity contribution in [2.45, 2.75) is 78.7 Å². The lowest BCUT2D eigenvalue weighted by molar-refractivity contribution is 0.0951. The second kappa shape index (κ2) is 12.1. The molecule has 1 atom stereocenters. The van der Waals surface area contributed by atoms with Gasteiger partial charge in [0.05, 0.1) is 0 Å². The van der Waals surface area contributed by atoms with Crippen LogP contribution < -0.4 is 10.6 Å². The van der Waals surface area contributed by atoms with Gasteiger partial charge in [0.15, 0.2) is 0 Å². The van der Waals surface area contributed by atoms with Crippen molar-refractivity contribution in [3.63, 3.8) is 0 Å². The minimum absolute atomic E-state index is 0.0202. The Balaban J connectivity index is 1.73. The Morgan fingerprint density at radius 2 is 1.69 bits per heavy atom. The van der Waals surface area contributed by atoms with Crippen molar-refractivity contribution in [2.75, 3.05) is 11.9 Å². The number of rotatable bonds is 11. The second-order valence-electron chi connectivity index (χ2n) is 10.4. The third kappa shape index (κ3) is 6.97. The molecule has 3 rings (SSSR count). The summed E-state index contributed by atoms with van der Waals surface area (Å²) in [6.45, 7) is 14.8. The molecule has 3 aromatic carbocycles. The molecule has 2 N–H and O–H groups in total. The summed E-state index contributed by atoms with van der Waals surface area (Å²) in [4.78, 5) is 12.9. The first-order valence-electron chi connectivity index (χ1n) is 13.0. The van der Waals surface area contributed by atoms with Gasteiger partial charge in [-0.05, 0) is 66.1 Å². The molecule has 3 aromatic rings. The van der Waals surface area contributed by atoms with Crippen LogP contribution in [0.2, 0.25) is 0 Å². The van der Waals surface area contributed by atoms with Gasteiger partial charge in [-0.25, -0.2) is 0 Å². The fourth-order valence-corrected chi connectivity index (χ4v) is 4.55. The number of benzene rings is 3. The quantitative estimate of drug-likeness (QED) is 0.300. The van der Waals surface area contributed by atoms with E-state index in [9.17, 15) is 4.79 Å². The van der Waals surface area contributed by atoms with Crippen molar-refractivity contribution < 1.29 is 4.79 Å². The lowest BCUT2D eigenvalue weighted by Crippen LogP contribution is -2.29. The summed E-state index contributed by atoms with van der Waals surface area (Å²) < 4.78 is 0. The zero-order valence-corrected chi connectivity index (χ0v) is 22.4. The molecule has 0 bridgehead atoms. The van der Waals surface area contributed by atoms with E-state index in [-0.39, 0.29) is 11.3 Å². The van der Waals surface area contributed by atoms with Crippen LogP contribution in [0.4, 0.5) is 5.69 Å². The van der Waals surface area contributed by atoms with Gasteiger partial charge in [0, 0.05) is 29.8 Å². The van der Waals surface area contributed by atoms with Gasteiger partial charge in [0.1, 0.15) is 0 Å². The lowest BCUT2D eigenvalue weighted by Gasteiger charge is -2.31. The summed E-state index contributed by atoms with van der Waals surface area (Å²) in [6.07, 6.45) is 3.10. The van der Waals surface area contributed by atoms with Gasteiger partial charge in [-0.1, -0.05) is 95.1 Å². The number of aryl methyl sites for hydroxylation is 2. The minimum atomic E-state index is -0.0303. The Hall–Kier alpha value is -3.07. The van der Waals surface area contributed by atoms with Crippen LogP contribution in [0.3, 0.4) is 0 Å². The maximum atomic E-state index is 12.9. The van der Waals surface area contributed by atoms with Gasteiger partial charge < -0.3 is 10.6 Å². The molecule has 0 saturated carbocycles. The second-order valence-corrected chi connectivity index (χ2v) is 10.4. The van der Waals surface area contributed by atoms with Crippen molar-refractivity contribution in [1.29, 1.82) is 0 Å². The summed E-state index contributed by atoms with van der Waals surface area (Å²) in [6, 6.07) is 23.2. The van der Waals surface area contributed by atoms with Crippen LogP contribution in [-0.4, -0.2) is 12.5 Å². The number of anilines is 1. The van der Waals surface area contributed by atoms with Crippen molar-refractivity contribution >= 4 is 11.6 Å². The van der Waals surface area contributed by atoms with E-state index in [0.29, 0.717) is 18.0 Å². The average Bonchev–Trinajstić information content (AvgIpc) is 2.87.